The first-order valence-corrected chi connectivity index (χ1v) is 8.30. The summed E-state index contributed by atoms with van der Waals surface area (Å²) in [5.41, 5.74) is 3.70. The van der Waals surface area contributed by atoms with E-state index in [4.69, 9.17) is 13.9 Å². The zero-order valence-electron chi connectivity index (χ0n) is 15.3. The summed E-state index contributed by atoms with van der Waals surface area (Å²) in [6, 6.07) is 14.0. The van der Waals surface area contributed by atoms with Crippen molar-refractivity contribution in [2.45, 2.75) is 0 Å². The third-order valence-electron chi connectivity index (χ3n) is 3.79. The van der Waals surface area contributed by atoms with E-state index in [1.165, 1.54) is 20.4 Å². The average Bonchev–Trinajstić information content (AvgIpc) is 3.16. The first-order chi connectivity index (χ1) is 13.6. The van der Waals surface area contributed by atoms with Crippen LogP contribution in [0.1, 0.15) is 16.1 Å². The number of furan rings is 1. The van der Waals surface area contributed by atoms with Crippen LogP contribution in [-0.4, -0.2) is 38.9 Å². The highest BCUT2D eigenvalue weighted by molar-refractivity contribution is 5.96. The van der Waals surface area contributed by atoms with Gasteiger partial charge in [0.1, 0.15) is 5.58 Å². The van der Waals surface area contributed by atoms with Crippen LogP contribution in [0.15, 0.2) is 58.0 Å². The molecule has 0 aliphatic heterocycles. The van der Waals surface area contributed by atoms with Gasteiger partial charge in [-0.2, -0.15) is 5.10 Å². The molecule has 8 nitrogen and oxygen atoms in total. The maximum absolute atomic E-state index is 12.2. The second kappa shape index (κ2) is 8.72. The minimum Gasteiger partial charge on any atom is -0.493 e. The van der Waals surface area contributed by atoms with Crippen molar-refractivity contribution in [1.29, 1.82) is 0 Å². The van der Waals surface area contributed by atoms with Gasteiger partial charge >= 0.3 is 11.9 Å². The van der Waals surface area contributed by atoms with E-state index < -0.39 is 11.9 Å². The van der Waals surface area contributed by atoms with E-state index in [2.05, 4.69) is 15.3 Å². The Bertz CT molecular complexity index is 991. The molecule has 0 saturated carbocycles. The van der Waals surface area contributed by atoms with Gasteiger partial charge in [0, 0.05) is 5.39 Å². The first-order valence-electron chi connectivity index (χ1n) is 8.30. The molecule has 144 valence electrons. The van der Waals surface area contributed by atoms with E-state index in [0.717, 1.165) is 5.39 Å². The fraction of sp³-hybridized carbons (Fsp3) is 0.150. The van der Waals surface area contributed by atoms with Gasteiger partial charge in [-0.3, -0.25) is 4.79 Å². The van der Waals surface area contributed by atoms with Crippen molar-refractivity contribution >= 4 is 29.1 Å². The highest BCUT2D eigenvalue weighted by Crippen LogP contribution is 2.27. The van der Waals surface area contributed by atoms with Gasteiger partial charge in [-0.15, -0.1) is 0 Å². The molecule has 1 amide bonds. The number of esters is 1. The highest BCUT2D eigenvalue weighted by Gasteiger charge is 2.11. The van der Waals surface area contributed by atoms with Crippen molar-refractivity contribution in [1.82, 2.24) is 5.43 Å². The lowest BCUT2D eigenvalue weighted by molar-refractivity contribution is -0.142. The van der Waals surface area contributed by atoms with E-state index in [0.29, 0.717) is 22.6 Å². The van der Waals surface area contributed by atoms with Crippen molar-refractivity contribution in [3.8, 4) is 11.5 Å². The maximum Gasteiger partial charge on any atom is 0.343 e. The van der Waals surface area contributed by atoms with E-state index in [1.807, 2.05) is 18.2 Å². The van der Waals surface area contributed by atoms with E-state index in [-0.39, 0.29) is 12.4 Å². The Labute approximate surface area is 160 Å². The van der Waals surface area contributed by atoms with Crippen molar-refractivity contribution in [2.24, 2.45) is 5.10 Å². The van der Waals surface area contributed by atoms with Gasteiger partial charge < -0.3 is 18.6 Å². The summed E-state index contributed by atoms with van der Waals surface area (Å²) in [5.74, 6) is 0.00810. The molecule has 1 heterocycles. The molecule has 0 radical (unpaired) electrons. The van der Waals surface area contributed by atoms with Crippen LogP contribution in [0.2, 0.25) is 0 Å². The fourth-order valence-corrected chi connectivity index (χ4v) is 2.39. The molecule has 0 spiro atoms. The van der Waals surface area contributed by atoms with Crippen LogP contribution in [0.3, 0.4) is 0 Å². The van der Waals surface area contributed by atoms with Gasteiger partial charge in [-0.05, 0) is 35.9 Å². The predicted molar refractivity (Wildman–Crippen MR) is 102 cm³/mol. The maximum atomic E-state index is 12.2. The number of para-hydroxylation sites is 1. The Morgan fingerprint density at radius 2 is 1.93 bits per heavy atom. The smallest absolute Gasteiger partial charge is 0.343 e. The Morgan fingerprint density at radius 1 is 1.11 bits per heavy atom. The summed E-state index contributed by atoms with van der Waals surface area (Å²) in [5, 5.41) is 4.76. The van der Waals surface area contributed by atoms with Gasteiger partial charge in [-0.1, -0.05) is 18.2 Å². The molecule has 1 aromatic heterocycles. The van der Waals surface area contributed by atoms with Crippen molar-refractivity contribution in [3.63, 3.8) is 0 Å². The number of fused-ring (bicyclic) bond motifs is 1. The minimum absolute atomic E-state index is 0.169. The van der Waals surface area contributed by atoms with Gasteiger partial charge in [0.25, 0.3) is 0 Å². The summed E-state index contributed by atoms with van der Waals surface area (Å²) >= 11 is 0. The molecular formula is C20H18N2O6. The van der Waals surface area contributed by atoms with Crippen LogP contribution in [0.4, 0.5) is 0 Å². The topological polar surface area (TPSA) is 99.4 Å². The van der Waals surface area contributed by atoms with Crippen molar-refractivity contribution in [2.75, 3.05) is 20.8 Å². The number of nitrogens with zero attached hydrogens (tertiary/aromatic N) is 1. The second-order valence-electron chi connectivity index (χ2n) is 5.62. The lowest BCUT2D eigenvalue weighted by Gasteiger charge is -2.10. The molecule has 2 aromatic carbocycles. The average molecular weight is 382 g/mol. The third-order valence-corrected chi connectivity index (χ3v) is 3.79. The molecule has 1 N–H and O–H groups in total. The zero-order chi connectivity index (χ0) is 19.9. The standard InChI is InChI=1S/C20H18N2O6/c1-25-17-9-13(7-8-16(17)27-12-19(23)26-2)11-21-22-20(24)18-10-14-5-3-4-6-15(14)28-18/h3-11H,12H2,1-2H3,(H,22,24)/b21-11+. The van der Waals surface area contributed by atoms with Crippen LogP contribution in [-0.2, 0) is 9.53 Å². The lowest BCUT2D eigenvalue weighted by atomic mass is 10.2. The van der Waals surface area contributed by atoms with Crippen molar-refractivity contribution < 1.29 is 28.2 Å². The second-order valence-corrected chi connectivity index (χ2v) is 5.62. The molecular weight excluding hydrogens is 364 g/mol. The van der Waals surface area contributed by atoms with Gasteiger partial charge in [0.15, 0.2) is 23.9 Å². The number of amides is 1. The molecule has 0 unspecified atom stereocenters. The summed E-state index contributed by atoms with van der Waals surface area (Å²) in [4.78, 5) is 23.3. The summed E-state index contributed by atoms with van der Waals surface area (Å²) in [6.45, 7) is -0.228. The number of hydrazone groups is 1. The Morgan fingerprint density at radius 3 is 2.68 bits per heavy atom. The van der Waals surface area contributed by atoms with Crippen LogP contribution < -0.4 is 14.9 Å². The number of hydrogen-bond acceptors (Lipinski definition) is 7. The van der Waals surface area contributed by atoms with Crippen molar-refractivity contribution in [3.05, 3.63) is 59.9 Å². The Balaban J connectivity index is 1.64. The molecule has 3 aromatic rings. The fourth-order valence-electron chi connectivity index (χ4n) is 2.39. The van der Waals surface area contributed by atoms with E-state index in [1.54, 1.807) is 30.3 Å². The van der Waals surface area contributed by atoms with Gasteiger partial charge in [-0.25, -0.2) is 10.2 Å². The molecule has 0 aliphatic rings. The quantitative estimate of drug-likeness (QED) is 0.383. The predicted octanol–water partition coefficient (Wildman–Crippen LogP) is 2.76. The lowest BCUT2D eigenvalue weighted by Crippen LogP contribution is -2.16. The first kappa shape index (κ1) is 19.0. The van der Waals surface area contributed by atoms with Crippen LogP contribution >= 0.6 is 0 Å². The number of carbonyl (C=O) groups excluding carboxylic acids is 2. The molecule has 0 atom stereocenters. The Kier molecular flexibility index (Phi) is 5.91. The van der Waals surface area contributed by atoms with Crippen LogP contribution in [0, 0.1) is 0 Å². The number of nitrogens with one attached hydrogen (secondary N) is 1. The minimum atomic E-state index is -0.499. The zero-order valence-corrected chi connectivity index (χ0v) is 15.3. The number of rotatable bonds is 7. The number of hydrogen-bond donors (Lipinski definition) is 1. The number of ether oxygens (including phenoxy) is 3. The highest BCUT2D eigenvalue weighted by atomic mass is 16.6. The van der Waals surface area contributed by atoms with E-state index >= 15 is 0 Å². The molecule has 0 fully saturated rings. The summed E-state index contributed by atoms with van der Waals surface area (Å²) in [7, 11) is 2.76. The summed E-state index contributed by atoms with van der Waals surface area (Å²) < 4.78 is 20.6. The molecule has 0 aliphatic carbocycles. The van der Waals surface area contributed by atoms with E-state index in [9.17, 15) is 9.59 Å². The number of methoxy groups -OCH3 is 2. The SMILES string of the molecule is COC(=O)COc1ccc(/C=N/NC(=O)c2cc3ccccc3o2)cc1OC. The Hall–Kier alpha value is -3.81. The molecule has 0 bridgehead atoms. The van der Waals surface area contributed by atoms with Crippen LogP contribution in [0.5, 0.6) is 11.5 Å². The summed E-state index contributed by atoms with van der Waals surface area (Å²) in [6.07, 6.45) is 1.45. The van der Waals surface area contributed by atoms with Crippen LogP contribution in [0.25, 0.3) is 11.0 Å². The third kappa shape index (κ3) is 4.47. The molecule has 0 saturated heterocycles. The normalized spacial score (nSPS) is 10.8. The largest absolute Gasteiger partial charge is 0.493 e. The molecule has 3 rings (SSSR count). The molecule has 8 heteroatoms. The molecule has 28 heavy (non-hydrogen) atoms. The monoisotopic (exact) mass is 382 g/mol. The number of benzene rings is 2. The van der Waals surface area contributed by atoms with Gasteiger partial charge in [0.05, 0.1) is 20.4 Å². The van der Waals surface area contributed by atoms with Gasteiger partial charge in [0.2, 0.25) is 0 Å². The number of carbonyl (C=O) groups is 2.